The minimum absolute atomic E-state index is 0. The molecular formula is C20H32IN5O. The number of hydrogen-bond acceptors (Lipinski definition) is 3. The second kappa shape index (κ2) is 12.7. The van der Waals surface area contributed by atoms with Crippen LogP contribution in [0.15, 0.2) is 35.3 Å². The number of aliphatic imine (C=N–C) groups is 1. The Morgan fingerprint density at radius 1 is 1.15 bits per heavy atom. The Morgan fingerprint density at radius 2 is 1.93 bits per heavy atom. The van der Waals surface area contributed by atoms with Gasteiger partial charge < -0.3 is 15.4 Å². The third kappa shape index (κ3) is 7.50. The number of ether oxygens (including phenoxy) is 1. The monoisotopic (exact) mass is 485 g/mol. The highest BCUT2D eigenvalue weighted by molar-refractivity contribution is 14.0. The SMILES string of the molecule is CN=C(NCCCCCOC)NCc1ccccc1-n1nc(C)cc1C.I. The van der Waals surface area contributed by atoms with E-state index in [-0.39, 0.29) is 24.0 Å². The van der Waals surface area contributed by atoms with Crippen molar-refractivity contribution >= 4 is 29.9 Å². The zero-order chi connectivity index (χ0) is 18.8. The number of methoxy groups -OCH3 is 1. The predicted octanol–water partition coefficient (Wildman–Crippen LogP) is 3.59. The summed E-state index contributed by atoms with van der Waals surface area (Å²) >= 11 is 0. The maximum Gasteiger partial charge on any atom is 0.191 e. The highest BCUT2D eigenvalue weighted by atomic mass is 127. The summed E-state index contributed by atoms with van der Waals surface area (Å²) in [5, 5.41) is 11.4. The Kier molecular flexibility index (Phi) is 11.0. The fourth-order valence-electron chi connectivity index (χ4n) is 2.89. The van der Waals surface area contributed by atoms with Gasteiger partial charge in [-0.1, -0.05) is 18.2 Å². The van der Waals surface area contributed by atoms with Gasteiger partial charge in [-0.3, -0.25) is 4.99 Å². The summed E-state index contributed by atoms with van der Waals surface area (Å²) in [6.07, 6.45) is 3.35. The fraction of sp³-hybridized carbons (Fsp3) is 0.500. The van der Waals surface area contributed by atoms with Gasteiger partial charge in [0.2, 0.25) is 0 Å². The van der Waals surface area contributed by atoms with E-state index < -0.39 is 0 Å². The van der Waals surface area contributed by atoms with Gasteiger partial charge in [-0.05, 0) is 50.8 Å². The van der Waals surface area contributed by atoms with Crippen LogP contribution in [0.3, 0.4) is 0 Å². The molecule has 0 spiro atoms. The lowest BCUT2D eigenvalue weighted by Crippen LogP contribution is -2.37. The molecule has 1 aromatic carbocycles. The van der Waals surface area contributed by atoms with Gasteiger partial charge in [0.15, 0.2) is 5.96 Å². The van der Waals surface area contributed by atoms with Crippen molar-refractivity contribution in [2.24, 2.45) is 4.99 Å². The van der Waals surface area contributed by atoms with Crippen molar-refractivity contribution in [1.29, 1.82) is 0 Å². The number of halogens is 1. The topological polar surface area (TPSA) is 63.5 Å². The molecule has 1 aromatic heterocycles. The molecule has 0 aliphatic heterocycles. The summed E-state index contributed by atoms with van der Waals surface area (Å²) < 4.78 is 7.07. The average molecular weight is 485 g/mol. The first-order valence-electron chi connectivity index (χ1n) is 9.20. The van der Waals surface area contributed by atoms with Gasteiger partial charge in [-0.25, -0.2) is 4.68 Å². The second-order valence-electron chi connectivity index (χ2n) is 6.37. The Hall–Kier alpha value is -1.61. The van der Waals surface area contributed by atoms with Crippen LogP contribution in [0.25, 0.3) is 5.69 Å². The molecule has 2 rings (SSSR count). The molecule has 0 atom stereocenters. The molecular weight excluding hydrogens is 453 g/mol. The number of unbranched alkanes of at least 4 members (excludes halogenated alkanes) is 2. The molecule has 7 heteroatoms. The Balaban J connectivity index is 0.00000364. The molecule has 0 aliphatic carbocycles. The number of benzene rings is 1. The number of guanidine groups is 1. The maximum absolute atomic E-state index is 5.07. The molecule has 150 valence electrons. The molecule has 0 aliphatic rings. The molecule has 2 N–H and O–H groups in total. The van der Waals surface area contributed by atoms with E-state index in [0.717, 1.165) is 55.4 Å². The highest BCUT2D eigenvalue weighted by Gasteiger charge is 2.09. The number of hydrogen-bond donors (Lipinski definition) is 2. The van der Waals surface area contributed by atoms with E-state index in [4.69, 9.17) is 4.74 Å². The number of aromatic nitrogens is 2. The molecule has 0 saturated heterocycles. The number of para-hydroxylation sites is 1. The summed E-state index contributed by atoms with van der Waals surface area (Å²) in [6, 6.07) is 10.4. The molecule has 0 bridgehead atoms. The van der Waals surface area contributed by atoms with Crippen molar-refractivity contribution < 1.29 is 4.74 Å². The summed E-state index contributed by atoms with van der Waals surface area (Å²) in [5.74, 6) is 0.819. The van der Waals surface area contributed by atoms with Gasteiger partial charge in [-0.15, -0.1) is 24.0 Å². The largest absolute Gasteiger partial charge is 0.385 e. The second-order valence-corrected chi connectivity index (χ2v) is 6.37. The lowest BCUT2D eigenvalue weighted by atomic mass is 10.1. The fourth-order valence-corrected chi connectivity index (χ4v) is 2.89. The maximum atomic E-state index is 5.07. The van der Waals surface area contributed by atoms with E-state index in [1.807, 2.05) is 17.7 Å². The lowest BCUT2D eigenvalue weighted by molar-refractivity contribution is 0.192. The molecule has 0 unspecified atom stereocenters. The first kappa shape index (κ1) is 23.4. The predicted molar refractivity (Wildman–Crippen MR) is 122 cm³/mol. The molecule has 0 fully saturated rings. The molecule has 2 aromatic rings. The number of aryl methyl sites for hydroxylation is 2. The zero-order valence-corrected chi connectivity index (χ0v) is 19.1. The van der Waals surface area contributed by atoms with Gasteiger partial charge >= 0.3 is 0 Å². The van der Waals surface area contributed by atoms with Crippen LogP contribution in [0.4, 0.5) is 0 Å². The van der Waals surface area contributed by atoms with Gasteiger partial charge in [0.05, 0.1) is 11.4 Å². The quantitative estimate of drug-likeness (QED) is 0.247. The van der Waals surface area contributed by atoms with E-state index >= 15 is 0 Å². The van der Waals surface area contributed by atoms with Crippen molar-refractivity contribution in [3.05, 3.63) is 47.3 Å². The van der Waals surface area contributed by atoms with Crippen molar-refractivity contribution in [2.45, 2.75) is 39.7 Å². The highest BCUT2D eigenvalue weighted by Crippen LogP contribution is 2.16. The standard InChI is InChI=1S/C20H31N5O.HI/c1-16-14-17(2)25(24-16)19-11-7-6-10-18(19)15-23-20(21-3)22-12-8-5-9-13-26-4;/h6-7,10-11,14H,5,8-9,12-13,15H2,1-4H3,(H2,21,22,23);1H. The van der Waals surface area contributed by atoms with E-state index in [2.05, 4.69) is 51.9 Å². The molecule has 27 heavy (non-hydrogen) atoms. The van der Waals surface area contributed by atoms with Crippen molar-refractivity contribution in [3.63, 3.8) is 0 Å². The van der Waals surface area contributed by atoms with Crippen LogP contribution >= 0.6 is 24.0 Å². The molecule has 1 heterocycles. The number of rotatable bonds is 9. The van der Waals surface area contributed by atoms with Gasteiger partial charge in [0.25, 0.3) is 0 Å². The normalized spacial score (nSPS) is 11.2. The van der Waals surface area contributed by atoms with E-state index in [0.29, 0.717) is 6.54 Å². The van der Waals surface area contributed by atoms with Crippen LogP contribution in [-0.4, -0.2) is 43.0 Å². The first-order chi connectivity index (χ1) is 12.7. The Morgan fingerprint density at radius 3 is 2.59 bits per heavy atom. The van der Waals surface area contributed by atoms with Crippen LogP contribution in [0.2, 0.25) is 0 Å². The summed E-state index contributed by atoms with van der Waals surface area (Å²) in [7, 11) is 3.54. The lowest BCUT2D eigenvalue weighted by Gasteiger charge is -2.15. The summed E-state index contributed by atoms with van der Waals surface area (Å²) in [5.41, 5.74) is 4.44. The summed E-state index contributed by atoms with van der Waals surface area (Å²) in [6.45, 7) is 6.52. The van der Waals surface area contributed by atoms with E-state index in [9.17, 15) is 0 Å². The van der Waals surface area contributed by atoms with Crippen molar-refractivity contribution in [1.82, 2.24) is 20.4 Å². The minimum Gasteiger partial charge on any atom is -0.385 e. The van der Waals surface area contributed by atoms with Crippen LogP contribution in [0.5, 0.6) is 0 Å². The molecule has 0 amide bonds. The molecule has 6 nitrogen and oxygen atoms in total. The van der Waals surface area contributed by atoms with Crippen LogP contribution in [0.1, 0.15) is 36.2 Å². The Bertz CT molecular complexity index is 714. The van der Waals surface area contributed by atoms with E-state index in [1.54, 1.807) is 14.2 Å². The zero-order valence-electron chi connectivity index (χ0n) is 16.8. The minimum atomic E-state index is 0. The van der Waals surface area contributed by atoms with Crippen molar-refractivity contribution in [3.8, 4) is 5.69 Å². The smallest absolute Gasteiger partial charge is 0.191 e. The summed E-state index contributed by atoms with van der Waals surface area (Å²) in [4.78, 5) is 4.31. The third-order valence-electron chi connectivity index (χ3n) is 4.22. The van der Waals surface area contributed by atoms with Crippen LogP contribution in [0, 0.1) is 13.8 Å². The van der Waals surface area contributed by atoms with Crippen LogP contribution in [-0.2, 0) is 11.3 Å². The Labute approximate surface area is 179 Å². The van der Waals surface area contributed by atoms with Gasteiger partial charge in [-0.2, -0.15) is 5.10 Å². The van der Waals surface area contributed by atoms with Crippen LogP contribution < -0.4 is 10.6 Å². The first-order valence-corrected chi connectivity index (χ1v) is 9.20. The third-order valence-corrected chi connectivity index (χ3v) is 4.22. The van der Waals surface area contributed by atoms with Gasteiger partial charge in [0, 0.05) is 39.5 Å². The number of nitrogens with zero attached hydrogens (tertiary/aromatic N) is 3. The molecule has 0 saturated carbocycles. The molecule has 0 radical (unpaired) electrons. The number of nitrogens with one attached hydrogen (secondary N) is 2. The van der Waals surface area contributed by atoms with E-state index in [1.165, 1.54) is 5.56 Å². The van der Waals surface area contributed by atoms with Crippen molar-refractivity contribution in [2.75, 3.05) is 27.3 Å². The average Bonchev–Trinajstić information content (AvgIpc) is 2.99. The van der Waals surface area contributed by atoms with Gasteiger partial charge in [0.1, 0.15) is 0 Å².